The summed E-state index contributed by atoms with van der Waals surface area (Å²) in [5, 5.41) is 42.3. The molecule has 0 aromatic carbocycles. The second-order valence-electron chi connectivity index (χ2n) is 6.70. The monoisotopic (exact) mass is 390 g/mol. The molecular weight excluding hydrogens is 360 g/mol. The molecule has 0 saturated carbocycles. The number of rotatable bonds is 12. The molecule has 2 amide bonds. The van der Waals surface area contributed by atoms with E-state index >= 15 is 0 Å². The second kappa shape index (κ2) is 11.8. The van der Waals surface area contributed by atoms with Gasteiger partial charge in [-0.15, -0.1) is 0 Å². The summed E-state index contributed by atoms with van der Waals surface area (Å²) in [6.45, 7) is 4.04. The Morgan fingerprint density at radius 3 is 1.67 bits per heavy atom. The van der Waals surface area contributed by atoms with Crippen LogP contribution in [0.2, 0.25) is 0 Å². The van der Waals surface area contributed by atoms with Gasteiger partial charge in [0, 0.05) is 6.42 Å². The summed E-state index contributed by atoms with van der Waals surface area (Å²) in [7, 11) is 0. The number of carbonyl (C=O) groups excluding carboxylic acids is 4. The van der Waals surface area contributed by atoms with Gasteiger partial charge in [-0.2, -0.15) is 0 Å². The summed E-state index contributed by atoms with van der Waals surface area (Å²) in [4.78, 5) is 48.0. The zero-order valence-corrected chi connectivity index (χ0v) is 16.0. The SMILES string of the molecule is CC(=O)C(NC(=O)C(CO)CC(=O)C(NC(=O)C(C)CO)C(C)O)C(C)O. The van der Waals surface area contributed by atoms with Crippen molar-refractivity contribution in [2.45, 2.75) is 58.4 Å². The van der Waals surface area contributed by atoms with Crippen LogP contribution in [0.3, 0.4) is 0 Å². The maximum absolute atomic E-state index is 12.4. The molecule has 0 bridgehead atoms. The van der Waals surface area contributed by atoms with E-state index in [1.54, 1.807) is 0 Å². The molecule has 27 heavy (non-hydrogen) atoms. The molecule has 10 heteroatoms. The number of amides is 2. The highest BCUT2D eigenvalue weighted by Crippen LogP contribution is 2.10. The lowest BCUT2D eigenvalue weighted by molar-refractivity contribution is -0.137. The van der Waals surface area contributed by atoms with Gasteiger partial charge in [-0.05, 0) is 20.8 Å². The molecule has 0 spiro atoms. The fourth-order valence-electron chi connectivity index (χ4n) is 2.29. The third-order valence-electron chi connectivity index (χ3n) is 4.11. The minimum absolute atomic E-state index is 0.444. The van der Waals surface area contributed by atoms with Crippen molar-refractivity contribution in [2.24, 2.45) is 11.8 Å². The summed E-state index contributed by atoms with van der Waals surface area (Å²) >= 11 is 0. The molecule has 0 saturated heterocycles. The van der Waals surface area contributed by atoms with E-state index in [2.05, 4.69) is 10.6 Å². The smallest absolute Gasteiger partial charge is 0.226 e. The van der Waals surface area contributed by atoms with Crippen LogP contribution in [-0.2, 0) is 19.2 Å². The van der Waals surface area contributed by atoms with Crippen LogP contribution in [-0.4, -0.2) is 81.3 Å². The van der Waals surface area contributed by atoms with Crippen LogP contribution in [0, 0.1) is 11.8 Å². The lowest BCUT2D eigenvalue weighted by Gasteiger charge is -2.25. The van der Waals surface area contributed by atoms with Gasteiger partial charge in [-0.25, -0.2) is 0 Å². The third kappa shape index (κ3) is 8.12. The minimum Gasteiger partial charge on any atom is -0.396 e. The maximum atomic E-state index is 12.4. The molecule has 0 fully saturated rings. The van der Waals surface area contributed by atoms with Gasteiger partial charge in [0.05, 0.1) is 37.3 Å². The Labute approximate surface area is 158 Å². The number of aliphatic hydroxyl groups excluding tert-OH is 4. The molecular formula is C17H30N2O8. The molecule has 0 rings (SSSR count). The molecule has 0 aromatic rings. The van der Waals surface area contributed by atoms with Crippen LogP contribution in [0.1, 0.15) is 34.1 Å². The van der Waals surface area contributed by atoms with E-state index in [-0.39, 0.29) is 0 Å². The van der Waals surface area contributed by atoms with Crippen molar-refractivity contribution in [1.82, 2.24) is 10.6 Å². The van der Waals surface area contributed by atoms with E-state index < -0.39 is 79.1 Å². The number of nitrogens with one attached hydrogen (secondary N) is 2. The number of hydrogen-bond donors (Lipinski definition) is 6. The average Bonchev–Trinajstić information content (AvgIpc) is 2.59. The van der Waals surface area contributed by atoms with Crippen LogP contribution in [0.15, 0.2) is 0 Å². The Kier molecular flexibility index (Phi) is 10.9. The standard InChI is InChI=1S/C17H30N2O8/c1-8(6-20)16(26)19-15(11(4)24)13(25)5-12(7-21)17(27)18-14(9(2)22)10(3)23/h8-9,11-12,14-15,20-22,24H,5-7H2,1-4H3,(H,18,27)(H,19,26). The topological polar surface area (TPSA) is 173 Å². The molecule has 10 nitrogen and oxygen atoms in total. The molecule has 0 heterocycles. The first-order chi connectivity index (χ1) is 12.5. The van der Waals surface area contributed by atoms with E-state index in [9.17, 15) is 34.5 Å². The molecule has 0 aliphatic carbocycles. The highest BCUT2D eigenvalue weighted by atomic mass is 16.3. The lowest BCUT2D eigenvalue weighted by Crippen LogP contribution is -2.52. The lowest BCUT2D eigenvalue weighted by atomic mass is 9.95. The van der Waals surface area contributed by atoms with Gasteiger partial charge in [0.25, 0.3) is 0 Å². The Hall–Kier alpha value is -1.88. The van der Waals surface area contributed by atoms with E-state index in [1.807, 2.05) is 0 Å². The van der Waals surface area contributed by atoms with Crippen LogP contribution in [0.5, 0.6) is 0 Å². The summed E-state index contributed by atoms with van der Waals surface area (Å²) in [5.74, 6) is -4.67. The number of hydrogen-bond acceptors (Lipinski definition) is 8. The van der Waals surface area contributed by atoms with Crippen molar-refractivity contribution >= 4 is 23.4 Å². The van der Waals surface area contributed by atoms with Crippen molar-refractivity contribution in [1.29, 1.82) is 0 Å². The van der Waals surface area contributed by atoms with Gasteiger partial charge in [-0.1, -0.05) is 6.92 Å². The molecule has 6 unspecified atom stereocenters. The maximum Gasteiger partial charge on any atom is 0.226 e. The highest BCUT2D eigenvalue weighted by Gasteiger charge is 2.32. The van der Waals surface area contributed by atoms with Crippen molar-refractivity contribution in [3.8, 4) is 0 Å². The van der Waals surface area contributed by atoms with E-state index in [1.165, 1.54) is 27.7 Å². The van der Waals surface area contributed by atoms with E-state index in [4.69, 9.17) is 5.11 Å². The highest BCUT2D eigenvalue weighted by molar-refractivity contribution is 5.94. The van der Waals surface area contributed by atoms with Crippen molar-refractivity contribution in [2.75, 3.05) is 13.2 Å². The number of Topliss-reactive ketones (excluding diaryl/α,β-unsaturated/α-hetero) is 2. The fraction of sp³-hybridized carbons (Fsp3) is 0.765. The zero-order chi connectivity index (χ0) is 21.3. The van der Waals surface area contributed by atoms with E-state index in [0.29, 0.717) is 0 Å². The Morgan fingerprint density at radius 1 is 0.815 bits per heavy atom. The first-order valence-electron chi connectivity index (χ1n) is 8.67. The van der Waals surface area contributed by atoms with Gasteiger partial charge < -0.3 is 31.1 Å². The van der Waals surface area contributed by atoms with Crippen molar-refractivity contribution in [3.05, 3.63) is 0 Å². The van der Waals surface area contributed by atoms with Crippen LogP contribution in [0.25, 0.3) is 0 Å². The first kappa shape index (κ1) is 25.1. The van der Waals surface area contributed by atoms with Gasteiger partial charge in [0.2, 0.25) is 11.8 Å². The van der Waals surface area contributed by atoms with Crippen molar-refractivity contribution < 1.29 is 39.6 Å². The van der Waals surface area contributed by atoms with Gasteiger partial charge >= 0.3 is 0 Å². The van der Waals surface area contributed by atoms with Gasteiger partial charge in [0.15, 0.2) is 11.6 Å². The first-order valence-corrected chi connectivity index (χ1v) is 8.67. The number of carbonyl (C=O) groups is 4. The molecule has 6 N–H and O–H groups in total. The zero-order valence-electron chi connectivity index (χ0n) is 16.0. The summed E-state index contributed by atoms with van der Waals surface area (Å²) < 4.78 is 0. The third-order valence-corrected chi connectivity index (χ3v) is 4.11. The summed E-state index contributed by atoms with van der Waals surface area (Å²) in [6.07, 6.45) is -2.93. The van der Waals surface area contributed by atoms with Crippen LogP contribution >= 0.6 is 0 Å². The second-order valence-corrected chi connectivity index (χ2v) is 6.70. The summed E-state index contributed by atoms with van der Waals surface area (Å²) in [5.41, 5.74) is 0. The molecule has 6 atom stereocenters. The van der Waals surface area contributed by atoms with Crippen LogP contribution in [0.4, 0.5) is 0 Å². The Balaban J connectivity index is 5.13. The fourth-order valence-corrected chi connectivity index (χ4v) is 2.29. The largest absolute Gasteiger partial charge is 0.396 e. The van der Waals surface area contributed by atoms with E-state index in [0.717, 1.165) is 0 Å². The molecule has 0 radical (unpaired) electrons. The number of aliphatic hydroxyl groups is 4. The predicted molar refractivity (Wildman–Crippen MR) is 94.4 cm³/mol. The molecule has 156 valence electrons. The quantitative estimate of drug-likeness (QED) is 0.212. The van der Waals surface area contributed by atoms with Crippen LogP contribution < -0.4 is 10.6 Å². The Morgan fingerprint density at radius 2 is 1.30 bits per heavy atom. The number of ketones is 2. The molecule has 0 aromatic heterocycles. The van der Waals surface area contributed by atoms with Crippen molar-refractivity contribution in [3.63, 3.8) is 0 Å². The summed E-state index contributed by atoms with van der Waals surface area (Å²) in [6, 6.07) is -2.51. The minimum atomic E-state index is -1.33. The Bertz CT molecular complexity index is 535. The molecule has 0 aliphatic rings. The predicted octanol–water partition coefficient (Wildman–Crippen LogP) is -2.50. The van der Waals surface area contributed by atoms with Gasteiger partial charge in [0.1, 0.15) is 12.1 Å². The normalized spacial score (nSPS) is 17.8. The average molecular weight is 390 g/mol. The molecule has 0 aliphatic heterocycles. The van der Waals surface area contributed by atoms with Gasteiger partial charge in [-0.3, -0.25) is 19.2 Å².